The zero-order valence-electron chi connectivity index (χ0n) is 10.7. The van der Waals surface area contributed by atoms with Gasteiger partial charge in [-0.2, -0.15) is 5.10 Å². The number of furan rings is 1. The average molecular weight is 255 g/mol. The van der Waals surface area contributed by atoms with Gasteiger partial charge in [0.25, 0.3) is 5.91 Å². The molecule has 96 valence electrons. The van der Waals surface area contributed by atoms with Crippen molar-refractivity contribution in [1.82, 2.24) is 10.2 Å². The van der Waals surface area contributed by atoms with Crippen molar-refractivity contribution in [3.8, 4) is 0 Å². The smallest absolute Gasteiger partial charge is 0.292 e. The molecule has 2 aromatic heterocycles. The molecule has 0 spiro atoms. The van der Waals surface area contributed by atoms with E-state index in [0.717, 1.165) is 16.5 Å². The molecule has 1 amide bonds. The Hall–Kier alpha value is -2.56. The van der Waals surface area contributed by atoms with Gasteiger partial charge in [0.2, 0.25) is 0 Å². The number of carbonyl (C=O) groups excluding carboxylic acids is 1. The van der Waals surface area contributed by atoms with Crippen LogP contribution in [-0.2, 0) is 0 Å². The van der Waals surface area contributed by atoms with Crippen molar-refractivity contribution in [3.63, 3.8) is 0 Å². The zero-order valence-corrected chi connectivity index (χ0v) is 10.7. The highest BCUT2D eigenvalue weighted by Gasteiger charge is 2.18. The van der Waals surface area contributed by atoms with Crippen LogP contribution in [0.2, 0.25) is 0 Å². The second-order valence-corrected chi connectivity index (χ2v) is 4.43. The number of rotatable bonds is 2. The van der Waals surface area contributed by atoms with Gasteiger partial charge >= 0.3 is 0 Å². The predicted octanol–water partition coefficient (Wildman–Crippen LogP) is 3.03. The minimum absolute atomic E-state index is 0.277. The number of aromatic nitrogens is 2. The second kappa shape index (κ2) is 4.28. The Balaban J connectivity index is 1.98. The van der Waals surface area contributed by atoms with E-state index in [9.17, 15) is 4.79 Å². The summed E-state index contributed by atoms with van der Waals surface area (Å²) in [5, 5.41) is 10.3. The first-order valence-electron chi connectivity index (χ1n) is 5.96. The number of amides is 1. The van der Waals surface area contributed by atoms with Crippen LogP contribution >= 0.6 is 0 Å². The molecule has 0 aliphatic carbocycles. The Morgan fingerprint density at radius 3 is 2.79 bits per heavy atom. The minimum atomic E-state index is -0.277. The maximum atomic E-state index is 12.2. The maximum absolute atomic E-state index is 12.2. The lowest BCUT2D eigenvalue weighted by molar-refractivity contribution is 0.0997. The molecule has 0 aliphatic heterocycles. The van der Waals surface area contributed by atoms with E-state index < -0.39 is 0 Å². The number of nitrogens with one attached hydrogen (secondary N) is 2. The Kier molecular flexibility index (Phi) is 2.59. The number of aromatic amines is 1. The number of hydrogen-bond acceptors (Lipinski definition) is 3. The first kappa shape index (κ1) is 11.5. The highest BCUT2D eigenvalue weighted by atomic mass is 16.3. The van der Waals surface area contributed by atoms with Crippen LogP contribution in [0.4, 0.5) is 5.82 Å². The molecule has 2 heterocycles. The van der Waals surface area contributed by atoms with Gasteiger partial charge < -0.3 is 9.73 Å². The van der Waals surface area contributed by atoms with E-state index in [4.69, 9.17) is 4.42 Å². The van der Waals surface area contributed by atoms with Gasteiger partial charge in [-0.3, -0.25) is 9.89 Å². The van der Waals surface area contributed by atoms with Crippen LogP contribution < -0.4 is 5.32 Å². The lowest BCUT2D eigenvalue weighted by Gasteiger charge is -2.01. The third-order valence-electron chi connectivity index (χ3n) is 3.12. The largest absolute Gasteiger partial charge is 0.451 e. The lowest BCUT2D eigenvalue weighted by Crippen LogP contribution is -2.13. The monoisotopic (exact) mass is 255 g/mol. The fourth-order valence-corrected chi connectivity index (χ4v) is 2.03. The Morgan fingerprint density at radius 2 is 2.11 bits per heavy atom. The van der Waals surface area contributed by atoms with Crippen molar-refractivity contribution in [2.75, 3.05) is 5.32 Å². The number of aryl methyl sites for hydroxylation is 2. The SMILES string of the molecule is Cc1cn[nH]c1NC(=O)c1oc2ccccc2c1C. The molecule has 5 heteroatoms. The van der Waals surface area contributed by atoms with Crippen LogP contribution in [0.3, 0.4) is 0 Å². The van der Waals surface area contributed by atoms with Gasteiger partial charge in [-0.1, -0.05) is 18.2 Å². The molecular formula is C14H13N3O2. The van der Waals surface area contributed by atoms with Gasteiger partial charge in [0.1, 0.15) is 11.4 Å². The molecule has 3 rings (SSSR count). The van der Waals surface area contributed by atoms with Gasteiger partial charge in [-0.25, -0.2) is 0 Å². The summed E-state index contributed by atoms with van der Waals surface area (Å²) in [5.74, 6) is 0.640. The summed E-state index contributed by atoms with van der Waals surface area (Å²) >= 11 is 0. The molecule has 2 N–H and O–H groups in total. The molecule has 0 fully saturated rings. The first-order valence-corrected chi connectivity index (χ1v) is 5.96. The van der Waals surface area contributed by atoms with E-state index in [1.165, 1.54) is 0 Å². The molecule has 0 radical (unpaired) electrons. The van der Waals surface area contributed by atoms with Crippen molar-refractivity contribution in [2.45, 2.75) is 13.8 Å². The predicted molar refractivity (Wildman–Crippen MR) is 72.2 cm³/mol. The van der Waals surface area contributed by atoms with E-state index in [0.29, 0.717) is 17.2 Å². The zero-order chi connectivity index (χ0) is 13.4. The Labute approximate surface area is 109 Å². The van der Waals surface area contributed by atoms with E-state index >= 15 is 0 Å². The number of H-pyrrole nitrogens is 1. The van der Waals surface area contributed by atoms with E-state index in [2.05, 4.69) is 15.5 Å². The molecule has 0 aliphatic rings. The average Bonchev–Trinajstić information content (AvgIpc) is 2.95. The van der Waals surface area contributed by atoms with E-state index in [1.807, 2.05) is 38.1 Å². The minimum Gasteiger partial charge on any atom is -0.451 e. The molecule has 0 saturated heterocycles. The molecule has 0 atom stereocenters. The number of fused-ring (bicyclic) bond motifs is 1. The van der Waals surface area contributed by atoms with Crippen molar-refractivity contribution in [3.05, 3.63) is 47.3 Å². The molecule has 3 aromatic rings. The van der Waals surface area contributed by atoms with E-state index in [1.54, 1.807) is 6.20 Å². The first-order chi connectivity index (χ1) is 9.16. The van der Waals surface area contributed by atoms with Gasteiger partial charge in [0.15, 0.2) is 5.76 Å². The lowest BCUT2D eigenvalue weighted by atomic mass is 10.1. The van der Waals surface area contributed by atoms with Crippen LogP contribution in [0.25, 0.3) is 11.0 Å². The maximum Gasteiger partial charge on any atom is 0.292 e. The molecule has 19 heavy (non-hydrogen) atoms. The van der Waals surface area contributed by atoms with Crippen LogP contribution in [0.5, 0.6) is 0 Å². The number of anilines is 1. The van der Waals surface area contributed by atoms with Crippen molar-refractivity contribution in [1.29, 1.82) is 0 Å². The fraction of sp³-hybridized carbons (Fsp3) is 0.143. The number of nitrogens with zero attached hydrogens (tertiary/aromatic N) is 1. The summed E-state index contributed by atoms with van der Waals surface area (Å²) in [4.78, 5) is 12.2. The summed E-state index contributed by atoms with van der Waals surface area (Å²) in [5.41, 5.74) is 2.43. The van der Waals surface area contributed by atoms with Gasteiger partial charge in [0.05, 0.1) is 6.20 Å². The van der Waals surface area contributed by atoms with E-state index in [-0.39, 0.29) is 5.91 Å². The molecule has 0 saturated carbocycles. The van der Waals surface area contributed by atoms with Crippen molar-refractivity contribution in [2.24, 2.45) is 0 Å². The van der Waals surface area contributed by atoms with Crippen LogP contribution in [0.15, 0.2) is 34.9 Å². The molecule has 0 unspecified atom stereocenters. The van der Waals surface area contributed by atoms with Crippen LogP contribution in [-0.4, -0.2) is 16.1 Å². The van der Waals surface area contributed by atoms with Gasteiger partial charge in [-0.05, 0) is 19.9 Å². The van der Waals surface area contributed by atoms with Gasteiger partial charge in [0, 0.05) is 16.5 Å². The number of carbonyl (C=O) groups is 1. The van der Waals surface area contributed by atoms with Crippen molar-refractivity contribution >= 4 is 22.7 Å². The summed E-state index contributed by atoms with van der Waals surface area (Å²) in [6.45, 7) is 3.74. The third-order valence-corrected chi connectivity index (χ3v) is 3.12. The summed E-state index contributed by atoms with van der Waals surface area (Å²) in [6.07, 6.45) is 1.65. The normalized spacial score (nSPS) is 10.8. The Morgan fingerprint density at radius 1 is 1.32 bits per heavy atom. The molecular weight excluding hydrogens is 242 g/mol. The highest BCUT2D eigenvalue weighted by Crippen LogP contribution is 2.25. The quantitative estimate of drug-likeness (QED) is 0.739. The molecule has 0 bridgehead atoms. The highest BCUT2D eigenvalue weighted by molar-refractivity contribution is 6.06. The van der Waals surface area contributed by atoms with Gasteiger partial charge in [-0.15, -0.1) is 0 Å². The van der Waals surface area contributed by atoms with Crippen LogP contribution in [0.1, 0.15) is 21.7 Å². The van der Waals surface area contributed by atoms with Crippen molar-refractivity contribution < 1.29 is 9.21 Å². The standard InChI is InChI=1S/C14H13N3O2/c1-8-7-15-17-13(8)16-14(18)12-9(2)10-5-3-4-6-11(10)19-12/h3-7H,1-2H3,(H2,15,16,17,18). The third kappa shape index (κ3) is 1.89. The number of para-hydroxylation sites is 1. The number of hydrogen-bond donors (Lipinski definition) is 2. The molecule has 1 aromatic carbocycles. The number of benzene rings is 1. The fourth-order valence-electron chi connectivity index (χ4n) is 2.03. The molecule has 5 nitrogen and oxygen atoms in total. The summed E-state index contributed by atoms with van der Waals surface area (Å²) < 4.78 is 5.60. The Bertz CT molecular complexity index is 755. The topological polar surface area (TPSA) is 70.9 Å². The summed E-state index contributed by atoms with van der Waals surface area (Å²) in [7, 11) is 0. The summed E-state index contributed by atoms with van der Waals surface area (Å²) in [6, 6.07) is 7.59. The van der Waals surface area contributed by atoms with Crippen LogP contribution in [0, 0.1) is 13.8 Å². The second-order valence-electron chi connectivity index (χ2n) is 4.43.